The molecule has 1 aromatic carbocycles. The highest BCUT2D eigenvalue weighted by Crippen LogP contribution is 2.32. The Hall–Kier alpha value is -2.11. The summed E-state index contributed by atoms with van der Waals surface area (Å²) in [4.78, 5) is 6.96. The number of aryl methyl sites for hydroxylation is 2. The number of morpholine rings is 1. The predicted octanol–water partition coefficient (Wildman–Crippen LogP) is 3.32. The van der Waals surface area contributed by atoms with Gasteiger partial charge in [-0.2, -0.15) is 0 Å². The number of aromatic nitrogens is 2. The molecule has 0 saturated carbocycles. The van der Waals surface area contributed by atoms with Crippen molar-refractivity contribution in [1.82, 2.24) is 14.5 Å². The normalized spacial score (nSPS) is 16.0. The van der Waals surface area contributed by atoms with Gasteiger partial charge in [-0.05, 0) is 44.5 Å². The number of hydrogen-bond donors (Lipinski definition) is 1. The van der Waals surface area contributed by atoms with Crippen LogP contribution in [0.3, 0.4) is 0 Å². The highest BCUT2D eigenvalue weighted by atomic mass is 16.5. The molecule has 1 saturated heterocycles. The lowest BCUT2D eigenvalue weighted by molar-refractivity contribution is 0.0371. The van der Waals surface area contributed by atoms with E-state index in [1.54, 1.807) is 6.07 Å². The fourth-order valence-electron chi connectivity index (χ4n) is 3.87. The number of benzene rings is 1. The number of ether oxygens (including phenoxy) is 1. The first-order valence-electron chi connectivity index (χ1n) is 9.10. The second kappa shape index (κ2) is 7.02. The standard InChI is InChI=1S/C20H25N3O2/c1-15-20-18(6-7-21-15)17-5-4-16(24)14-19(17)23(20)9-3-2-8-22-10-12-25-13-11-22/h4-7,14,24H,2-3,8-13H2,1H3. The zero-order chi connectivity index (χ0) is 17.2. The van der Waals surface area contributed by atoms with Crippen LogP contribution in [0.25, 0.3) is 21.8 Å². The molecule has 0 atom stereocenters. The van der Waals surface area contributed by atoms with E-state index in [2.05, 4.69) is 27.4 Å². The van der Waals surface area contributed by atoms with Crippen LogP contribution in [0.15, 0.2) is 30.5 Å². The number of nitrogens with zero attached hydrogens (tertiary/aromatic N) is 3. The maximum atomic E-state index is 9.94. The molecule has 1 aliphatic rings. The molecule has 0 bridgehead atoms. The van der Waals surface area contributed by atoms with Crippen molar-refractivity contribution in [2.75, 3.05) is 32.8 Å². The van der Waals surface area contributed by atoms with Crippen molar-refractivity contribution in [3.05, 3.63) is 36.2 Å². The van der Waals surface area contributed by atoms with E-state index in [9.17, 15) is 5.11 Å². The zero-order valence-corrected chi connectivity index (χ0v) is 14.7. The van der Waals surface area contributed by atoms with Crippen LogP contribution < -0.4 is 0 Å². The van der Waals surface area contributed by atoms with E-state index in [0.29, 0.717) is 5.75 Å². The van der Waals surface area contributed by atoms with E-state index < -0.39 is 0 Å². The Bertz CT molecular complexity index is 881. The molecule has 0 unspecified atom stereocenters. The van der Waals surface area contributed by atoms with Crippen molar-refractivity contribution in [1.29, 1.82) is 0 Å². The summed E-state index contributed by atoms with van der Waals surface area (Å²) in [7, 11) is 0. The monoisotopic (exact) mass is 339 g/mol. The molecular weight excluding hydrogens is 314 g/mol. The second-order valence-corrected chi connectivity index (χ2v) is 6.81. The summed E-state index contributed by atoms with van der Waals surface area (Å²) < 4.78 is 7.73. The molecule has 0 amide bonds. The van der Waals surface area contributed by atoms with Gasteiger partial charge < -0.3 is 14.4 Å². The Kier molecular flexibility index (Phi) is 4.59. The first-order valence-corrected chi connectivity index (χ1v) is 9.10. The summed E-state index contributed by atoms with van der Waals surface area (Å²) in [6.07, 6.45) is 4.15. The third-order valence-electron chi connectivity index (χ3n) is 5.15. The zero-order valence-electron chi connectivity index (χ0n) is 14.7. The van der Waals surface area contributed by atoms with Crippen LogP contribution in [0, 0.1) is 6.92 Å². The van der Waals surface area contributed by atoms with Crippen molar-refractivity contribution in [3.63, 3.8) is 0 Å². The fraction of sp³-hybridized carbons (Fsp3) is 0.450. The summed E-state index contributed by atoms with van der Waals surface area (Å²) in [6, 6.07) is 7.72. The number of fused-ring (bicyclic) bond motifs is 3. The summed E-state index contributed by atoms with van der Waals surface area (Å²) in [6.45, 7) is 7.95. The Morgan fingerprint density at radius 3 is 2.72 bits per heavy atom. The van der Waals surface area contributed by atoms with Crippen LogP contribution in [-0.2, 0) is 11.3 Å². The van der Waals surface area contributed by atoms with Crippen LogP contribution in [0.2, 0.25) is 0 Å². The number of unbranched alkanes of at least 4 members (excludes halogenated alkanes) is 1. The van der Waals surface area contributed by atoms with Gasteiger partial charge in [0, 0.05) is 42.7 Å². The lowest BCUT2D eigenvalue weighted by atomic mass is 10.1. The largest absolute Gasteiger partial charge is 0.508 e. The number of aromatic hydroxyl groups is 1. The lowest BCUT2D eigenvalue weighted by Gasteiger charge is -2.26. The van der Waals surface area contributed by atoms with Gasteiger partial charge in [0.2, 0.25) is 0 Å². The van der Waals surface area contributed by atoms with Gasteiger partial charge in [0.15, 0.2) is 0 Å². The van der Waals surface area contributed by atoms with Gasteiger partial charge in [-0.15, -0.1) is 0 Å². The maximum absolute atomic E-state index is 9.94. The van der Waals surface area contributed by atoms with E-state index >= 15 is 0 Å². The third kappa shape index (κ3) is 3.22. The van der Waals surface area contributed by atoms with Crippen molar-refractivity contribution in [2.45, 2.75) is 26.3 Å². The van der Waals surface area contributed by atoms with E-state index in [1.165, 1.54) is 22.7 Å². The number of phenolic OH excluding ortho intramolecular Hbond substituents is 1. The van der Waals surface area contributed by atoms with Crippen LogP contribution in [0.1, 0.15) is 18.5 Å². The topological polar surface area (TPSA) is 50.5 Å². The molecule has 2 aromatic heterocycles. The highest BCUT2D eigenvalue weighted by molar-refractivity contribution is 6.08. The molecule has 1 aliphatic heterocycles. The van der Waals surface area contributed by atoms with Crippen molar-refractivity contribution in [3.8, 4) is 5.75 Å². The molecule has 25 heavy (non-hydrogen) atoms. The maximum Gasteiger partial charge on any atom is 0.117 e. The molecule has 5 heteroatoms. The molecule has 5 nitrogen and oxygen atoms in total. The minimum Gasteiger partial charge on any atom is -0.508 e. The van der Waals surface area contributed by atoms with E-state index in [-0.39, 0.29) is 0 Å². The molecule has 1 fully saturated rings. The van der Waals surface area contributed by atoms with E-state index in [1.807, 2.05) is 18.3 Å². The first-order chi connectivity index (χ1) is 12.2. The summed E-state index contributed by atoms with van der Waals surface area (Å²) in [5, 5.41) is 12.3. The molecule has 0 spiro atoms. The Balaban J connectivity index is 1.57. The molecule has 1 N–H and O–H groups in total. The molecule has 0 radical (unpaired) electrons. The Morgan fingerprint density at radius 2 is 1.88 bits per heavy atom. The average Bonchev–Trinajstić information content (AvgIpc) is 2.94. The van der Waals surface area contributed by atoms with Crippen LogP contribution >= 0.6 is 0 Å². The smallest absolute Gasteiger partial charge is 0.117 e. The predicted molar refractivity (Wildman–Crippen MR) is 100 cm³/mol. The van der Waals surface area contributed by atoms with Gasteiger partial charge >= 0.3 is 0 Å². The molecule has 3 heterocycles. The second-order valence-electron chi connectivity index (χ2n) is 6.81. The van der Waals surface area contributed by atoms with Crippen LogP contribution in [0.4, 0.5) is 0 Å². The van der Waals surface area contributed by atoms with Crippen molar-refractivity contribution < 1.29 is 9.84 Å². The van der Waals surface area contributed by atoms with E-state index in [0.717, 1.165) is 57.0 Å². The van der Waals surface area contributed by atoms with Crippen LogP contribution in [0.5, 0.6) is 5.75 Å². The Labute approximate surface area is 147 Å². The number of pyridine rings is 1. The Morgan fingerprint density at radius 1 is 1.08 bits per heavy atom. The van der Waals surface area contributed by atoms with Gasteiger partial charge in [-0.3, -0.25) is 9.88 Å². The molecule has 3 aromatic rings. The molecule has 132 valence electrons. The average molecular weight is 339 g/mol. The molecule has 4 rings (SSSR count). The van der Waals surface area contributed by atoms with Gasteiger partial charge in [-0.1, -0.05) is 0 Å². The van der Waals surface area contributed by atoms with E-state index in [4.69, 9.17) is 4.74 Å². The third-order valence-corrected chi connectivity index (χ3v) is 5.15. The minimum atomic E-state index is 0.315. The molecule has 0 aliphatic carbocycles. The van der Waals surface area contributed by atoms with Crippen molar-refractivity contribution in [2.24, 2.45) is 0 Å². The molecular formula is C20H25N3O2. The fourth-order valence-corrected chi connectivity index (χ4v) is 3.87. The highest BCUT2D eigenvalue weighted by Gasteiger charge is 2.14. The number of phenols is 1. The summed E-state index contributed by atoms with van der Waals surface area (Å²) in [5.74, 6) is 0.315. The van der Waals surface area contributed by atoms with Gasteiger partial charge in [-0.25, -0.2) is 0 Å². The lowest BCUT2D eigenvalue weighted by Crippen LogP contribution is -2.36. The van der Waals surface area contributed by atoms with Gasteiger partial charge in [0.25, 0.3) is 0 Å². The van der Waals surface area contributed by atoms with Crippen LogP contribution in [-0.4, -0.2) is 52.4 Å². The van der Waals surface area contributed by atoms with Gasteiger partial charge in [0.1, 0.15) is 5.75 Å². The summed E-state index contributed by atoms with van der Waals surface area (Å²) >= 11 is 0. The van der Waals surface area contributed by atoms with Crippen molar-refractivity contribution >= 4 is 21.8 Å². The quantitative estimate of drug-likeness (QED) is 0.725. The summed E-state index contributed by atoms with van der Waals surface area (Å²) in [5.41, 5.74) is 3.33. The van der Waals surface area contributed by atoms with Gasteiger partial charge in [0.05, 0.1) is 29.9 Å². The number of hydrogen-bond acceptors (Lipinski definition) is 4. The minimum absolute atomic E-state index is 0.315. The first kappa shape index (κ1) is 16.4. The number of rotatable bonds is 5. The SMILES string of the molecule is Cc1nccc2c3ccc(O)cc3n(CCCCN3CCOCC3)c12.